The molecule has 2 heterocycles. The third-order valence-electron chi connectivity index (χ3n) is 5.93. The molecule has 33 heavy (non-hydrogen) atoms. The Morgan fingerprint density at radius 3 is 2.79 bits per heavy atom. The summed E-state index contributed by atoms with van der Waals surface area (Å²) < 4.78 is 21.4. The van der Waals surface area contributed by atoms with Gasteiger partial charge in [0.2, 0.25) is 0 Å². The van der Waals surface area contributed by atoms with Gasteiger partial charge in [-0.25, -0.2) is 14.2 Å². The number of nitrogens with zero attached hydrogens (tertiary/aromatic N) is 3. The second kappa shape index (κ2) is 9.41. The van der Waals surface area contributed by atoms with E-state index in [1.807, 2.05) is 41.8 Å². The highest BCUT2D eigenvalue weighted by Gasteiger charge is 2.25. The van der Waals surface area contributed by atoms with Crippen LogP contribution in [0.5, 0.6) is 0 Å². The van der Waals surface area contributed by atoms with Gasteiger partial charge in [-0.3, -0.25) is 0 Å². The lowest BCUT2D eigenvalue weighted by Gasteiger charge is -2.28. The van der Waals surface area contributed by atoms with E-state index in [0.29, 0.717) is 13.1 Å². The predicted octanol–water partition coefficient (Wildman–Crippen LogP) is 5.16. The first-order chi connectivity index (χ1) is 15.7. The number of amides is 1. The van der Waals surface area contributed by atoms with E-state index in [1.165, 1.54) is 6.07 Å². The van der Waals surface area contributed by atoms with Gasteiger partial charge in [-0.2, -0.15) is 0 Å². The highest BCUT2D eigenvalue weighted by Crippen LogP contribution is 2.28. The van der Waals surface area contributed by atoms with Gasteiger partial charge in [0.25, 0.3) is 0 Å². The third kappa shape index (κ3) is 5.83. The van der Waals surface area contributed by atoms with E-state index in [2.05, 4.69) is 36.0 Å². The molecule has 0 bridgehead atoms. The van der Waals surface area contributed by atoms with E-state index in [0.717, 1.165) is 41.7 Å². The van der Waals surface area contributed by atoms with E-state index in [4.69, 9.17) is 4.74 Å². The van der Waals surface area contributed by atoms with Crippen LogP contribution in [0.25, 0.3) is 11.0 Å². The summed E-state index contributed by atoms with van der Waals surface area (Å²) in [5.41, 5.74) is 4.01. The third-order valence-corrected chi connectivity index (χ3v) is 5.93. The summed E-state index contributed by atoms with van der Waals surface area (Å²) in [5, 5.41) is 2.98. The molecular formula is C26H33FN4O2. The zero-order chi connectivity index (χ0) is 23.6. The summed E-state index contributed by atoms with van der Waals surface area (Å²) in [6.07, 6.45) is 2.64. The fourth-order valence-corrected chi connectivity index (χ4v) is 4.59. The molecule has 1 aromatic heterocycles. The molecule has 0 fully saturated rings. The Kier molecular flexibility index (Phi) is 6.58. The molecule has 2 aromatic carbocycles. The van der Waals surface area contributed by atoms with Crippen LogP contribution in [0.3, 0.4) is 0 Å². The first-order valence-electron chi connectivity index (χ1n) is 11.6. The monoisotopic (exact) mass is 452 g/mol. The van der Waals surface area contributed by atoms with Gasteiger partial charge in [0.15, 0.2) is 0 Å². The average molecular weight is 453 g/mol. The molecular weight excluding hydrogens is 419 g/mol. The summed E-state index contributed by atoms with van der Waals surface area (Å²) in [6, 6.07) is 12.7. The van der Waals surface area contributed by atoms with Crippen molar-refractivity contribution in [2.45, 2.75) is 59.2 Å². The summed E-state index contributed by atoms with van der Waals surface area (Å²) >= 11 is 0. The van der Waals surface area contributed by atoms with E-state index >= 15 is 0 Å². The number of carbonyl (C=O) groups is 1. The van der Waals surface area contributed by atoms with Gasteiger partial charge < -0.3 is 19.5 Å². The lowest BCUT2D eigenvalue weighted by atomic mass is 9.89. The van der Waals surface area contributed by atoms with E-state index in [9.17, 15) is 9.18 Å². The maximum atomic E-state index is 13.5. The van der Waals surface area contributed by atoms with Crippen molar-refractivity contribution < 1.29 is 13.9 Å². The van der Waals surface area contributed by atoms with E-state index in [1.54, 1.807) is 12.4 Å². The van der Waals surface area contributed by atoms with Crippen molar-refractivity contribution in [3.63, 3.8) is 0 Å². The fraction of sp³-hybridized carbons (Fsp3) is 0.462. The molecule has 0 unspecified atom stereocenters. The molecule has 3 aromatic rings. The Morgan fingerprint density at radius 1 is 1.21 bits per heavy atom. The molecule has 7 heteroatoms. The van der Waals surface area contributed by atoms with Crippen molar-refractivity contribution >= 4 is 22.8 Å². The molecule has 1 aliphatic rings. The highest BCUT2D eigenvalue weighted by atomic mass is 19.1. The minimum Gasteiger partial charge on any atom is -0.444 e. The molecule has 1 amide bonds. The highest BCUT2D eigenvalue weighted by molar-refractivity contribution is 5.75. The lowest BCUT2D eigenvalue weighted by molar-refractivity contribution is 0.0608. The van der Waals surface area contributed by atoms with Crippen LogP contribution in [0.4, 0.5) is 14.9 Å². The number of halogens is 1. The molecule has 4 rings (SSSR count). The van der Waals surface area contributed by atoms with Gasteiger partial charge in [0.1, 0.15) is 11.9 Å². The molecule has 0 radical (unpaired) electrons. The normalized spacial score (nSPS) is 15.4. The van der Waals surface area contributed by atoms with Crippen molar-refractivity contribution in [3.8, 4) is 0 Å². The second-order valence-electron chi connectivity index (χ2n) is 10.2. The average Bonchev–Trinajstić information content (AvgIpc) is 3.30. The zero-order valence-corrected chi connectivity index (χ0v) is 19.8. The number of rotatable bonds is 7. The summed E-state index contributed by atoms with van der Waals surface area (Å²) in [5.74, 6) is -0.207. The van der Waals surface area contributed by atoms with Crippen LogP contribution < -0.4 is 10.2 Å². The standard InChI is InChI=1S/C26H33FN4O2/c1-18(15-30-12-11-19-13-20(27)9-10-23(19)30)29-25(32)33-21(14-26(2,3)4)16-31-17-28-22-7-5-6-8-24(22)31/h5-10,13,17-18,21H,11-12,14-16H2,1-4H3,(H,29,32)/t18-,21-/m0/s1. The topological polar surface area (TPSA) is 59.4 Å². The van der Waals surface area contributed by atoms with Crippen LogP contribution in [-0.4, -0.2) is 40.9 Å². The molecule has 176 valence electrons. The fourth-order valence-electron chi connectivity index (χ4n) is 4.59. The number of alkyl carbamates (subject to hydrolysis) is 1. The predicted molar refractivity (Wildman–Crippen MR) is 129 cm³/mol. The van der Waals surface area contributed by atoms with Crippen molar-refractivity contribution in [2.75, 3.05) is 18.0 Å². The lowest BCUT2D eigenvalue weighted by Crippen LogP contribution is -2.43. The molecule has 0 aliphatic carbocycles. The molecule has 0 spiro atoms. The number of ether oxygens (including phenoxy) is 1. The maximum absolute atomic E-state index is 13.5. The summed E-state index contributed by atoms with van der Waals surface area (Å²) in [4.78, 5) is 19.4. The molecule has 1 aliphatic heterocycles. The Bertz CT molecular complexity index is 1120. The smallest absolute Gasteiger partial charge is 0.407 e. The maximum Gasteiger partial charge on any atom is 0.407 e. The second-order valence-corrected chi connectivity index (χ2v) is 10.2. The number of imidazole rings is 1. The number of para-hydroxylation sites is 2. The minimum atomic E-state index is -0.417. The van der Waals surface area contributed by atoms with Gasteiger partial charge in [-0.1, -0.05) is 32.9 Å². The number of hydrogen-bond donors (Lipinski definition) is 1. The Balaban J connectivity index is 1.37. The van der Waals surface area contributed by atoms with Gasteiger partial charge in [0.05, 0.1) is 23.9 Å². The van der Waals surface area contributed by atoms with Crippen LogP contribution in [0.1, 0.15) is 39.7 Å². The Labute approximate surface area is 194 Å². The number of nitrogens with one attached hydrogen (secondary N) is 1. The van der Waals surface area contributed by atoms with Crippen LogP contribution in [0.2, 0.25) is 0 Å². The molecule has 6 nitrogen and oxygen atoms in total. The zero-order valence-electron chi connectivity index (χ0n) is 19.8. The van der Waals surface area contributed by atoms with Gasteiger partial charge in [-0.05, 0) is 61.1 Å². The number of fused-ring (bicyclic) bond motifs is 2. The van der Waals surface area contributed by atoms with Crippen LogP contribution in [0, 0.1) is 11.2 Å². The van der Waals surface area contributed by atoms with Crippen molar-refractivity contribution in [3.05, 3.63) is 60.2 Å². The van der Waals surface area contributed by atoms with Crippen LogP contribution in [-0.2, 0) is 17.7 Å². The van der Waals surface area contributed by atoms with Crippen molar-refractivity contribution in [1.29, 1.82) is 0 Å². The van der Waals surface area contributed by atoms with Crippen LogP contribution in [0.15, 0.2) is 48.8 Å². The minimum absolute atomic E-state index is 0.00147. The van der Waals surface area contributed by atoms with Gasteiger partial charge >= 0.3 is 6.09 Å². The quantitative estimate of drug-likeness (QED) is 0.538. The molecule has 1 N–H and O–H groups in total. The largest absolute Gasteiger partial charge is 0.444 e. The Morgan fingerprint density at radius 2 is 2.00 bits per heavy atom. The Hall–Kier alpha value is -3.09. The van der Waals surface area contributed by atoms with Gasteiger partial charge in [0, 0.05) is 24.8 Å². The van der Waals surface area contributed by atoms with Gasteiger partial charge in [-0.15, -0.1) is 0 Å². The summed E-state index contributed by atoms with van der Waals surface area (Å²) in [7, 11) is 0. The van der Waals surface area contributed by atoms with E-state index < -0.39 is 6.09 Å². The van der Waals surface area contributed by atoms with Crippen molar-refractivity contribution in [1.82, 2.24) is 14.9 Å². The first-order valence-corrected chi connectivity index (χ1v) is 11.6. The molecule has 0 saturated carbocycles. The number of carbonyl (C=O) groups excluding carboxylic acids is 1. The number of aromatic nitrogens is 2. The molecule has 2 atom stereocenters. The number of hydrogen-bond acceptors (Lipinski definition) is 4. The van der Waals surface area contributed by atoms with Crippen molar-refractivity contribution in [2.24, 2.45) is 5.41 Å². The van der Waals surface area contributed by atoms with E-state index in [-0.39, 0.29) is 23.4 Å². The number of benzene rings is 2. The number of anilines is 1. The molecule has 0 saturated heterocycles. The van der Waals surface area contributed by atoms with Crippen LogP contribution >= 0.6 is 0 Å². The first kappa shape index (κ1) is 23.1. The summed E-state index contributed by atoms with van der Waals surface area (Å²) in [6.45, 7) is 10.4. The SMILES string of the molecule is C[C@@H](CN1CCc2cc(F)ccc21)NC(=O)O[C@H](Cn1cnc2ccccc21)CC(C)(C)C.